The zero-order chi connectivity index (χ0) is 20.8. The van der Waals surface area contributed by atoms with E-state index in [0.29, 0.717) is 30.8 Å². The van der Waals surface area contributed by atoms with Gasteiger partial charge < -0.3 is 19.6 Å². The van der Waals surface area contributed by atoms with Gasteiger partial charge in [-0.3, -0.25) is 9.59 Å². The number of halogens is 3. The van der Waals surface area contributed by atoms with Gasteiger partial charge in [-0.25, -0.2) is 0 Å². The van der Waals surface area contributed by atoms with Gasteiger partial charge in [0.05, 0.1) is 5.56 Å². The van der Waals surface area contributed by atoms with Crippen LogP contribution >= 0.6 is 0 Å². The molecule has 3 heterocycles. The van der Waals surface area contributed by atoms with Crippen molar-refractivity contribution in [1.29, 1.82) is 0 Å². The Labute approximate surface area is 163 Å². The third-order valence-electron chi connectivity index (χ3n) is 5.69. The van der Waals surface area contributed by atoms with Crippen LogP contribution in [0.5, 0.6) is 0 Å². The fourth-order valence-electron chi connectivity index (χ4n) is 3.60. The van der Waals surface area contributed by atoms with Gasteiger partial charge in [-0.15, -0.1) is 5.10 Å². The highest BCUT2D eigenvalue weighted by Gasteiger charge is 2.45. The van der Waals surface area contributed by atoms with Crippen LogP contribution < -0.4 is 10.9 Å². The SMILES string of the molecule is C[C@@H](Nc1nnc(-c2cc(C(F)(F)F)c[nH]c2=O)o1)C(=O)N1CCC2(CC1)CC2. The highest BCUT2D eigenvalue weighted by molar-refractivity contribution is 5.83. The number of hydrogen-bond acceptors (Lipinski definition) is 6. The van der Waals surface area contributed by atoms with Gasteiger partial charge in [-0.2, -0.15) is 13.2 Å². The van der Waals surface area contributed by atoms with Crippen LogP contribution in [0.15, 0.2) is 21.5 Å². The summed E-state index contributed by atoms with van der Waals surface area (Å²) < 4.78 is 43.9. The van der Waals surface area contributed by atoms with E-state index in [1.165, 1.54) is 12.8 Å². The van der Waals surface area contributed by atoms with Crippen molar-refractivity contribution in [1.82, 2.24) is 20.1 Å². The fourth-order valence-corrected chi connectivity index (χ4v) is 3.60. The van der Waals surface area contributed by atoms with Crippen molar-refractivity contribution in [3.63, 3.8) is 0 Å². The minimum atomic E-state index is -4.63. The number of amides is 1. The molecule has 8 nitrogen and oxygen atoms in total. The van der Waals surface area contributed by atoms with Gasteiger partial charge in [0.2, 0.25) is 5.91 Å². The Balaban J connectivity index is 1.44. The number of rotatable bonds is 4. The molecule has 1 atom stereocenters. The van der Waals surface area contributed by atoms with Crippen LogP contribution in [0.1, 0.15) is 38.2 Å². The van der Waals surface area contributed by atoms with Gasteiger partial charge in [0.25, 0.3) is 11.4 Å². The molecule has 1 saturated carbocycles. The van der Waals surface area contributed by atoms with E-state index in [2.05, 4.69) is 15.5 Å². The van der Waals surface area contributed by atoms with Gasteiger partial charge in [0.1, 0.15) is 11.6 Å². The van der Waals surface area contributed by atoms with Crippen molar-refractivity contribution in [2.45, 2.75) is 44.8 Å². The Morgan fingerprint density at radius 3 is 2.59 bits per heavy atom. The first-order chi connectivity index (χ1) is 13.7. The third kappa shape index (κ3) is 3.99. The molecular weight excluding hydrogens is 391 g/mol. The van der Waals surface area contributed by atoms with E-state index in [1.54, 1.807) is 11.8 Å². The number of piperidine rings is 1. The summed E-state index contributed by atoms with van der Waals surface area (Å²) in [6.45, 7) is 3.06. The normalized spacial score (nSPS) is 19.2. The van der Waals surface area contributed by atoms with Crippen LogP contribution in [0, 0.1) is 5.41 Å². The largest absolute Gasteiger partial charge is 0.417 e. The summed E-state index contributed by atoms with van der Waals surface area (Å²) in [5.41, 5.74) is -1.78. The average Bonchev–Trinajstić information content (AvgIpc) is 3.26. The highest BCUT2D eigenvalue weighted by Crippen LogP contribution is 2.53. The predicted molar refractivity (Wildman–Crippen MR) is 95.9 cm³/mol. The molecule has 4 rings (SSSR count). The third-order valence-corrected chi connectivity index (χ3v) is 5.69. The Kier molecular flexibility index (Phi) is 4.62. The van der Waals surface area contributed by atoms with Crippen molar-refractivity contribution >= 4 is 11.9 Å². The van der Waals surface area contributed by atoms with Crippen LogP contribution in [0.25, 0.3) is 11.5 Å². The number of anilines is 1. The Bertz CT molecular complexity index is 970. The average molecular weight is 411 g/mol. The molecule has 1 spiro atoms. The number of aromatic nitrogens is 3. The minimum Gasteiger partial charge on any atom is -0.403 e. The second kappa shape index (κ2) is 6.89. The second-order valence-corrected chi connectivity index (χ2v) is 7.73. The summed E-state index contributed by atoms with van der Waals surface area (Å²) in [6.07, 6.45) is 0.439. The maximum atomic E-state index is 12.9. The quantitative estimate of drug-likeness (QED) is 0.802. The first-order valence-corrected chi connectivity index (χ1v) is 9.36. The summed E-state index contributed by atoms with van der Waals surface area (Å²) in [7, 11) is 0. The van der Waals surface area contributed by atoms with Crippen molar-refractivity contribution in [3.05, 3.63) is 28.2 Å². The molecule has 2 aromatic heterocycles. The molecule has 1 aliphatic carbocycles. The number of alkyl halides is 3. The number of carbonyl (C=O) groups excluding carboxylic acids is 1. The molecule has 1 aliphatic heterocycles. The fraction of sp³-hybridized carbons (Fsp3) is 0.556. The number of nitrogens with zero attached hydrogens (tertiary/aromatic N) is 3. The summed E-state index contributed by atoms with van der Waals surface area (Å²) in [5.74, 6) is -0.481. The van der Waals surface area contributed by atoms with Crippen molar-refractivity contribution in [2.75, 3.05) is 18.4 Å². The van der Waals surface area contributed by atoms with Gasteiger partial charge in [0.15, 0.2) is 0 Å². The lowest BCUT2D eigenvalue weighted by Crippen LogP contribution is -2.45. The maximum absolute atomic E-state index is 12.9. The molecule has 2 fully saturated rings. The monoisotopic (exact) mass is 411 g/mol. The van der Waals surface area contributed by atoms with Crippen LogP contribution in [0.2, 0.25) is 0 Å². The number of likely N-dealkylation sites (tertiary alicyclic amines) is 1. The minimum absolute atomic E-state index is 0.114. The van der Waals surface area contributed by atoms with E-state index in [4.69, 9.17) is 4.42 Å². The molecule has 2 N–H and O–H groups in total. The first kappa shape index (κ1) is 19.5. The maximum Gasteiger partial charge on any atom is 0.417 e. The molecule has 11 heteroatoms. The Hall–Kier alpha value is -2.85. The lowest BCUT2D eigenvalue weighted by Gasteiger charge is -2.33. The van der Waals surface area contributed by atoms with Gasteiger partial charge in [0, 0.05) is 19.3 Å². The molecule has 0 unspecified atom stereocenters. The molecule has 2 aromatic rings. The first-order valence-electron chi connectivity index (χ1n) is 9.36. The Morgan fingerprint density at radius 2 is 1.97 bits per heavy atom. The van der Waals surface area contributed by atoms with E-state index in [0.717, 1.165) is 12.8 Å². The van der Waals surface area contributed by atoms with E-state index in [-0.39, 0.29) is 17.8 Å². The van der Waals surface area contributed by atoms with E-state index < -0.39 is 28.9 Å². The summed E-state index contributed by atoms with van der Waals surface area (Å²) >= 11 is 0. The van der Waals surface area contributed by atoms with Gasteiger partial charge in [-0.05, 0) is 44.1 Å². The summed E-state index contributed by atoms with van der Waals surface area (Å²) in [4.78, 5) is 28.3. The number of H-pyrrole nitrogens is 1. The summed E-state index contributed by atoms with van der Waals surface area (Å²) in [6, 6.07) is -0.156. The molecule has 156 valence electrons. The molecule has 1 saturated heterocycles. The summed E-state index contributed by atoms with van der Waals surface area (Å²) in [5, 5.41) is 10.1. The van der Waals surface area contributed by atoms with Crippen molar-refractivity contribution < 1.29 is 22.4 Å². The van der Waals surface area contributed by atoms with Crippen LogP contribution in [0.4, 0.5) is 19.2 Å². The highest BCUT2D eigenvalue weighted by atomic mass is 19.4. The van der Waals surface area contributed by atoms with Crippen molar-refractivity contribution in [2.24, 2.45) is 5.41 Å². The number of aromatic amines is 1. The number of carbonyl (C=O) groups is 1. The zero-order valence-electron chi connectivity index (χ0n) is 15.7. The van der Waals surface area contributed by atoms with Crippen molar-refractivity contribution in [3.8, 4) is 11.5 Å². The lowest BCUT2D eigenvalue weighted by molar-refractivity contribution is -0.138. The number of hydrogen-bond donors (Lipinski definition) is 2. The second-order valence-electron chi connectivity index (χ2n) is 7.73. The zero-order valence-corrected chi connectivity index (χ0v) is 15.7. The molecular formula is C18H20F3N5O3. The Morgan fingerprint density at radius 1 is 1.28 bits per heavy atom. The van der Waals surface area contributed by atoms with Crippen LogP contribution in [-0.4, -0.2) is 45.1 Å². The standard InChI is InChI=1S/C18H20F3N5O3/c1-10(15(28)26-6-4-17(2-3-17)5-7-26)23-16-25-24-14(29-16)12-8-11(18(19,20)21)9-22-13(12)27/h8-10H,2-7H2,1H3,(H,22,27)(H,23,25)/t10-/m1/s1. The topological polar surface area (TPSA) is 104 Å². The molecule has 1 amide bonds. The predicted octanol–water partition coefficient (Wildman–Crippen LogP) is 2.65. The molecule has 0 radical (unpaired) electrons. The number of pyridine rings is 1. The molecule has 0 aromatic carbocycles. The van der Waals surface area contributed by atoms with Crippen LogP contribution in [-0.2, 0) is 11.0 Å². The smallest absolute Gasteiger partial charge is 0.403 e. The molecule has 0 bridgehead atoms. The lowest BCUT2D eigenvalue weighted by atomic mass is 9.93. The van der Waals surface area contributed by atoms with E-state index in [1.807, 2.05) is 4.98 Å². The van der Waals surface area contributed by atoms with Crippen LogP contribution in [0.3, 0.4) is 0 Å². The van der Waals surface area contributed by atoms with E-state index >= 15 is 0 Å². The number of nitrogens with one attached hydrogen (secondary N) is 2. The van der Waals surface area contributed by atoms with Gasteiger partial charge >= 0.3 is 12.2 Å². The van der Waals surface area contributed by atoms with E-state index in [9.17, 15) is 22.8 Å². The molecule has 29 heavy (non-hydrogen) atoms. The molecule has 2 aliphatic rings. The van der Waals surface area contributed by atoms with Gasteiger partial charge in [-0.1, -0.05) is 5.10 Å².